The van der Waals surface area contributed by atoms with E-state index in [4.69, 9.17) is 5.73 Å². The number of aromatic nitrogens is 2. The largest absolute Gasteiger partial charge is 0.418 e. The van der Waals surface area contributed by atoms with Crippen LogP contribution in [0.2, 0.25) is 0 Å². The minimum atomic E-state index is -4.61. The summed E-state index contributed by atoms with van der Waals surface area (Å²) in [5.74, 6) is -0.759. The van der Waals surface area contributed by atoms with Gasteiger partial charge in [0.05, 0.1) is 16.8 Å². The predicted octanol–water partition coefficient (Wildman–Crippen LogP) is 2.70. The molecule has 20 heavy (non-hydrogen) atoms. The summed E-state index contributed by atoms with van der Waals surface area (Å²) < 4.78 is 38.1. The normalized spacial score (nSPS) is 11.4. The molecular weight excluding hydrogens is 293 g/mol. The van der Waals surface area contributed by atoms with E-state index >= 15 is 0 Å². The van der Waals surface area contributed by atoms with Crippen LogP contribution in [0.4, 0.5) is 24.0 Å². The van der Waals surface area contributed by atoms with Gasteiger partial charge in [-0.15, -0.1) is 10.2 Å². The van der Waals surface area contributed by atoms with E-state index in [1.165, 1.54) is 6.07 Å². The van der Waals surface area contributed by atoms with Crippen LogP contribution in [-0.4, -0.2) is 16.1 Å². The molecule has 2 rings (SSSR count). The number of hydrogen-bond acceptors (Lipinski definition) is 5. The molecule has 106 valence electrons. The van der Waals surface area contributed by atoms with Gasteiger partial charge in [0.1, 0.15) is 5.01 Å². The van der Waals surface area contributed by atoms with Gasteiger partial charge in [0, 0.05) is 0 Å². The van der Waals surface area contributed by atoms with Crippen LogP contribution in [-0.2, 0) is 6.18 Å². The number of rotatable bonds is 2. The molecule has 0 atom stereocenters. The molecule has 0 unspecified atom stereocenters. The van der Waals surface area contributed by atoms with Crippen LogP contribution in [0.3, 0.4) is 0 Å². The number of aryl methyl sites for hydroxylation is 1. The number of alkyl halides is 3. The highest BCUT2D eigenvalue weighted by Gasteiger charge is 2.34. The second kappa shape index (κ2) is 5.08. The summed E-state index contributed by atoms with van der Waals surface area (Å²) in [4.78, 5) is 11.9. The Morgan fingerprint density at radius 2 is 2.05 bits per heavy atom. The number of para-hydroxylation sites is 1. The molecular formula is C11H9F3N4OS. The van der Waals surface area contributed by atoms with Gasteiger partial charge < -0.3 is 5.73 Å². The van der Waals surface area contributed by atoms with Gasteiger partial charge in [-0.1, -0.05) is 17.4 Å². The number of nitrogens with zero attached hydrogens (tertiary/aromatic N) is 2. The number of nitrogen functional groups attached to an aromatic ring is 1. The van der Waals surface area contributed by atoms with E-state index < -0.39 is 23.3 Å². The standard InChI is InChI=1S/C11H9F3N4OS/c1-5-17-18-10(20-5)16-9(19)6-3-2-4-7(8(6)15)11(12,13)14/h2-4H,15H2,1H3,(H,16,18,19). The summed E-state index contributed by atoms with van der Waals surface area (Å²) in [6, 6.07) is 3.16. The van der Waals surface area contributed by atoms with Gasteiger partial charge in [-0.2, -0.15) is 13.2 Å². The van der Waals surface area contributed by atoms with E-state index in [-0.39, 0.29) is 10.7 Å². The van der Waals surface area contributed by atoms with Crippen molar-refractivity contribution in [2.75, 3.05) is 11.1 Å². The van der Waals surface area contributed by atoms with Crippen molar-refractivity contribution in [3.05, 3.63) is 34.3 Å². The molecule has 1 amide bonds. The first-order valence-electron chi connectivity index (χ1n) is 5.36. The fourth-order valence-electron chi connectivity index (χ4n) is 1.52. The highest BCUT2D eigenvalue weighted by molar-refractivity contribution is 7.15. The number of halogens is 3. The van der Waals surface area contributed by atoms with E-state index in [2.05, 4.69) is 15.5 Å². The number of amides is 1. The van der Waals surface area contributed by atoms with Crippen molar-refractivity contribution in [1.29, 1.82) is 0 Å². The van der Waals surface area contributed by atoms with Gasteiger partial charge in [-0.25, -0.2) is 0 Å². The van der Waals surface area contributed by atoms with E-state index in [1.807, 2.05) is 0 Å². The van der Waals surface area contributed by atoms with Crippen LogP contribution < -0.4 is 11.1 Å². The third kappa shape index (κ3) is 2.87. The zero-order chi connectivity index (χ0) is 14.9. The number of carbonyl (C=O) groups is 1. The molecule has 9 heteroatoms. The maximum absolute atomic E-state index is 12.7. The van der Waals surface area contributed by atoms with Gasteiger partial charge >= 0.3 is 6.18 Å². The number of hydrogen-bond donors (Lipinski definition) is 2. The summed E-state index contributed by atoms with van der Waals surface area (Å²) in [5.41, 5.74) is 3.50. The number of benzene rings is 1. The summed E-state index contributed by atoms with van der Waals surface area (Å²) in [6.45, 7) is 1.69. The molecule has 0 bridgehead atoms. The SMILES string of the molecule is Cc1nnc(NC(=O)c2cccc(C(F)(F)F)c2N)s1. The third-order valence-corrected chi connectivity index (χ3v) is 3.16. The zero-order valence-electron chi connectivity index (χ0n) is 10.2. The maximum atomic E-state index is 12.7. The lowest BCUT2D eigenvalue weighted by atomic mass is 10.1. The van der Waals surface area contributed by atoms with Gasteiger partial charge in [-0.3, -0.25) is 10.1 Å². The molecule has 1 heterocycles. The minimum absolute atomic E-state index is 0.198. The van der Waals surface area contributed by atoms with Gasteiger partial charge in [-0.05, 0) is 19.1 Å². The van der Waals surface area contributed by atoms with Crippen molar-refractivity contribution in [3.63, 3.8) is 0 Å². The fraction of sp³-hybridized carbons (Fsp3) is 0.182. The molecule has 0 fully saturated rings. The van der Waals surface area contributed by atoms with E-state index in [0.717, 1.165) is 23.5 Å². The average molecular weight is 302 g/mol. The Morgan fingerprint density at radius 3 is 2.60 bits per heavy atom. The molecule has 1 aromatic heterocycles. The van der Waals surface area contributed by atoms with Crippen molar-refractivity contribution in [1.82, 2.24) is 10.2 Å². The molecule has 3 N–H and O–H groups in total. The fourth-order valence-corrected chi connectivity index (χ4v) is 2.11. The maximum Gasteiger partial charge on any atom is 0.418 e. The Balaban J connectivity index is 2.31. The number of anilines is 2. The third-order valence-electron chi connectivity index (χ3n) is 2.40. The Bertz CT molecular complexity index is 653. The molecule has 0 aliphatic heterocycles. The highest BCUT2D eigenvalue weighted by Crippen LogP contribution is 2.35. The lowest BCUT2D eigenvalue weighted by molar-refractivity contribution is -0.136. The lowest BCUT2D eigenvalue weighted by Gasteiger charge is -2.12. The first-order valence-corrected chi connectivity index (χ1v) is 6.18. The Kier molecular flexibility index (Phi) is 3.62. The van der Waals surface area contributed by atoms with Crippen LogP contribution in [0.1, 0.15) is 20.9 Å². The van der Waals surface area contributed by atoms with Gasteiger partial charge in [0.25, 0.3) is 5.91 Å². The lowest BCUT2D eigenvalue weighted by Crippen LogP contribution is -2.17. The van der Waals surface area contributed by atoms with Crippen molar-refractivity contribution in [2.45, 2.75) is 13.1 Å². The first kappa shape index (κ1) is 14.3. The predicted molar refractivity (Wildman–Crippen MR) is 68.5 cm³/mol. The van der Waals surface area contributed by atoms with Gasteiger partial charge in [0.2, 0.25) is 5.13 Å². The van der Waals surface area contributed by atoms with Crippen molar-refractivity contribution in [2.24, 2.45) is 0 Å². The highest BCUT2D eigenvalue weighted by atomic mass is 32.1. The number of nitrogens with two attached hydrogens (primary N) is 1. The molecule has 0 saturated carbocycles. The Hall–Kier alpha value is -2.16. The molecule has 5 nitrogen and oxygen atoms in total. The van der Waals surface area contributed by atoms with E-state index in [0.29, 0.717) is 5.01 Å². The molecule has 0 radical (unpaired) electrons. The van der Waals surface area contributed by atoms with Crippen molar-refractivity contribution in [3.8, 4) is 0 Å². The second-order valence-corrected chi connectivity index (χ2v) is 5.03. The van der Waals surface area contributed by atoms with Crippen LogP contribution in [0, 0.1) is 6.92 Å². The molecule has 1 aromatic carbocycles. The summed E-state index contributed by atoms with van der Waals surface area (Å²) in [7, 11) is 0. The van der Waals surface area contributed by atoms with Crippen LogP contribution in [0.5, 0.6) is 0 Å². The zero-order valence-corrected chi connectivity index (χ0v) is 11.0. The topological polar surface area (TPSA) is 80.9 Å². The van der Waals surface area contributed by atoms with Crippen LogP contribution >= 0.6 is 11.3 Å². The quantitative estimate of drug-likeness (QED) is 0.836. The smallest absolute Gasteiger partial charge is 0.398 e. The molecule has 0 aliphatic carbocycles. The van der Waals surface area contributed by atoms with Crippen LogP contribution in [0.25, 0.3) is 0 Å². The summed E-state index contributed by atoms with van der Waals surface area (Å²) >= 11 is 1.11. The van der Waals surface area contributed by atoms with Crippen molar-refractivity contribution < 1.29 is 18.0 Å². The minimum Gasteiger partial charge on any atom is -0.398 e. The average Bonchev–Trinajstić information content (AvgIpc) is 2.73. The number of nitrogens with one attached hydrogen (secondary N) is 1. The second-order valence-electron chi connectivity index (χ2n) is 3.84. The van der Waals surface area contributed by atoms with Crippen molar-refractivity contribution >= 4 is 28.1 Å². The first-order chi connectivity index (χ1) is 9.29. The molecule has 2 aromatic rings. The van der Waals surface area contributed by atoms with E-state index in [1.54, 1.807) is 6.92 Å². The molecule has 0 saturated heterocycles. The van der Waals surface area contributed by atoms with Gasteiger partial charge in [0.15, 0.2) is 0 Å². The molecule has 0 spiro atoms. The number of carbonyl (C=O) groups excluding carboxylic acids is 1. The Morgan fingerprint density at radius 1 is 1.35 bits per heavy atom. The Labute approximate surface area is 115 Å². The monoisotopic (exact) mass is 302 g/mol. The summed E-state index contributed by atoms with van der Waals surface area (Å²) in [6.07, 6.45) is -4.61. The van der Waals surface area contributed by atoms with E-state index in [9.17, 15) is 18.0 Å². The van der Waals surface area contributed by atoms with Crippen LogP contribution in [0.15, 0.2) is 18.2 Å². The summed E-state index contributed by atoms with van der Waals surface area (Å²) in [5, 5.41) is 10.5. The molecule has 0 aliphatic rings.